The summed E-state index contributed by atoms with van der Waals surface area (Å²) >= 11 is 0. The van der Waals surface area contributed by atoms with Gasteiger partial charge in [0.05, 0.1) is 0 Å². The van der Waals surface area contributed by atoms with E-state index >= 15 is 0 Å². The molecule has 4 heteroatoms. The molecule has 1 heterocycles. The zero-order valence-electron chi connectivity index (χ0n) is 12.0. The minimum Gasteiger partial charge on any atom is -0.359 e. The minimum absolute atomic E-state index is 0.114. The van der Waals surface area contributed by atoms with Gasteiger partial charge in [0, 0.05) is 32.6 Å². The fourth-order valence-corrected chi connectivity index (χ4v) is 2.15. The van der Waals surface area contributed by atoms with Crippen molar-refractivity contribution in [3.8, 4) is 0 Å². The van der Waals surface area contributed by atoms with Gasteiger partial charge in [0.2, 0.25) is 5.91 Å². The number of nitrogens with one attached hydrogen (secondary N) is 2. The lowest BCUT2D eigenvalue weighted by atomic mass is 10.0. The van der Waals surface area contributed by atoms with Gasteiger partial charge in [-0.2, -0.15) is 0 Å². The maximum Gasteiger partial charge on any atom is 0.221 e. The fraction of sp³-hybridized carbons (Fsp3) is 0.786. The van der Waals surface area contributed by atoms with Crippen molar-refractivity contribution >= 4 is 5.91 Å². The Morgan fingerprint density at radius 3 is 2.56 bits per heavy atom. The molecule has 0 aromatic heterocycles. The summed E-state index contributed by atoms with van der Waals surface area (Å²) in [5.74, 6) is 0.114. The Morgan fingerprint density at radius 2 is 2.00 bits per heavy atom. The van der Waals surface area contributed by atoms with Gasteiger partial charge in [0.1, 0.15) is 0 Å². The van der Waals surface area contributed by atoms with E-state index in [1.807, 2.05) is 0 Å². The molecule has 2 N–H and O–H groups in total. The highest BCUT2D eigenvalue weighted by Gasteiger charge is 2.17. The molecule has 0 bridgehead atoms. The second kappa shape index (κ2) is 8.27. The third-order valence-corrected chi connectivity index (χ3v) is 3.41. The number of nitrogens with zero attached hydrogens (tertiary/aromatic N) is 1. The molecule has 1 aliphatic heterocycles. The number of carbonyl (C=O) groups excluding carboxylic acids is 1. The Labute approximate surface area is 111 Å². The van der Waals surface area contributed by atoms with Crippen LogP contribution in [-0.2, 0) is 4.79 Å². The third-order valence-electron chi connectivity index (χ3n) is 3.41. The Hall–Kier alpha value is -0.870. The lowest BCUT2D eigenvalue weighted by Crippen LogP contribution is -2.43. The first-order chi connectivity index (χ1) is 8.61. The monoisotopic (exact) mass is 253 g/mol. The Kier molecular flexibility index (Phi) is 6.98. The number of rotatable bonds is 6. The second-order valence-electron chi connectivity index (χ2n) is 5.23. The quantitative estimate of drug-likeness (QED) is 0.698. The Balaban J connectivity index is 2.11. The van der Waals surface area contributed by atoms with Gasteiger partial charge in [-0.15, -0.1) is 0 Å². The van der Waals surface area contributed by atoms with Crippen molar-refractivity contribution in [2.75, 3.05) is 33.2 Å². The van der Waals surface area contributed by atoms with Crippen LogP contribution in [0.15, 0.2) is 11.6 Å². The lowest BCUT2D eigenvalue weighted by molar-refractivity contribution is -0.120. The van der Waals surface area contributed by atoms with Gasteiger partial charge >= 0.3 is 0 Å². The first-order valence-electron chi connectivity index (χ1n) is 6.91. The van der Waals surface area contributed by atoms with Crippen LogP contribution in [0.2, 0.25) is 0 Å². The largest absolute Gasteiger partial charge is 0.359 e. The molecule has 0 aromatic carbocycles. The molecule has 0 unspecified atom stereocenters. The maximum atomic E-state index is 11.1. The molecule has 1 rings (SSSR count). The first-order valence-corrected chi connectivity index (χ1v) is 6.91. The summed E-state index contributed by atoms with van der Waals surface area (Å²) < 4.78 is 0. The summed E-state index contributed by atoms with van der Waals surface area (Å²) in [4.78, 5) is 13.6. The summed E-state index contributed by atoms with van der Waals surface area (Å²) in [5, 5.41) is 6.11. The van der Waals surface area contributed by atoms with E-state index in [1.54, 1.807) is 7.05 Å². The van der Waals surface area contributed by atoms with E-state index in [1.165, 1.54) is 18.4 Å². The van der Waals surface area contributed by atoms with Crippen LogP contribution < -0.4 is 10.6 Å². The summed E-state index contributed by atoms with van der Waals surface area (Å²) in [6.07, 6.45) is 5.24. The summed E-state index contributed by atoms with van der Waals surface area (Å²) in [5.41, 5.74) is 1.39. The molecule has 1 amide bonds. The average molecular weight is 253 g/mol. The molecule has 0 aliphatic carbocycles. The van der Waals surface area contributed by atoms with E-state index in [0.29, 0.717) is 12.5 Å². The SMILES string of the molecule is CNC(=O)CCNC1CCN(CC=C(C)C)CC1. The maximum absolute atomic E-state index is 11.1. The molecule has 1 saturated heterocycles. The van der Waals surface area contributed by atoms with E-state index in [2.05, 4.69) is 35.5 Å². The van der Waals surface area contributed by atoms with Gasteiger partial charge in [-0.25, -0.2) is 0 Å². The van der Waals surface area contributed by atoms with Crippen LogP contribution in [0.4, 0.5) is 0 Å². The van der Waals surface area contributed by atoms with Gasteiger partial charge in [0.15, 0.2) is 0 Å². The molecule has 0 saturated carbocycles. The standard InChI is InChI=1S/C14H27N3O/c1-12(2)5-9-17-10-6-13(7-11-17)16-8-4-14(18)15-3/h5,13,16H,4,6-11H2,1-3H3,(H,15,18). The normalized spacial score (nSPS) is 17.5. The van der Waals surface area contributed by atoms with E-state index in [-0.39, 0.29) is 5.91 Å². The summed E-state index contributed by atoms with van der Waals surface area (Å²) in [7, 11) is 1.68. The fourth-order valence-electron chi connectivity index (χ4n) is 2.15. The highest BCUT2D eigenvalue weighted by atomic mass is 16.1. The molecule has 18 heavy (non-hydrogen) atoms. The van der Waals surface area contributed by atoms with Crippen LogP contribution in [0.3, 0.4) is 0 Å². The van der Waals surface area contributed by atoms with Crippen molar-refractivity contribution < 1.29 is 4.79 Å². The first kappa shape index (κ1) is 15.2. The molecule has 0 radical (unpaired) electrons. The van der Waals surface area contributed by atoms with Crippen molar-refractivity contribution in [2.24, 2.45) is 0 Å². The molecule has 0 spiro atoms. The molecule has 104 valence electrons. The van der Waals surface area contributed by atoms with Gasteiger partial charge in [-0.05, 0) is 39.8 Å². The van der Waals surface area contributed by atoms with Gasteiger partial charge < -0.3 is 10.6 Å². The van der Waals surface area contributed by atoms with Crippen LogP contribution in [-0.4, -0.2) is 50.1 Å². The number of hydrogen-bond donors (Lipinski definition) is 2. The zero-order chi connectivity index (χ0) is 13.4. The Morgan fingerprint density at radius 1 is 1.33 bits per heavy atom. The van der Waals surface area contributed by atoms with Gasteiger partial charge in [-0.3, -0.25) is 9.69 Å². The van der Waals surface area contributed by atoms with Crippen LogP contribution in [0.1, 0.15) is 33.1 Å². The van der Waals surface area contributed by atoms with Crippen molar-refractivity contribution in [1.29, 1.82) is 0 Å². The van der Waals surface area contributed by atoms with Crippen LogP contribution >= 0.6 is 0 Å². The number of piperidine rings is 1. The predicted molar refractivity (Wildman–Crippen MR) is 75.6 cm³/mol. The van der Waals surface area contributed by atoms with E-state index in [0.717, 1.165) is 26.2 Å². The van der Waals surface area contributed by atoms with Crippen LogP contribution in [0.25, 0.3) is 0 Å². The number of allylic oxidation sites excluding steroid dienone is 1. The summed E-state index contributed by atoms with van der Waals surface area (Å²) in [6, 6.07) is 0.581. The number of amides is 1. The predicted octanol–water partition coefficient (Wildman–Crippen LogP) is 1.14. The number of hydrogen-bond acceptors (Lipinski definition) is 3. The van der Waals surface area contributed by atoms with Crippen LogP contribution in [0.5, 0.6) is 0 Å². The van der Waals surface area contributed by atoms with Crippen molar-refractivity contribution in [1.82, 2.24) is 15.5 Å². The van der Waals surface area contributed by atoms with Gasteiger partial charge in [-0.1, -0.05) is 11.6 Å². The van der Waals surface area contributed by atoms with Crippen molar-refractivity contribution in [3.05, 3.63) is 11.6 Å². The average Bonchev–Trinajstić information content (AvgIpc) is 2.37. The van der Waals surface area contributed by atoms with Crippen molar-refractivity contribution in [3.63, 3.8) is 0 Å². The second-order valence-corrected chi connectivity index (χ2v) is 5.23. The third kappa shape index (κ3) is 6.17. The van der Waals surface area contributed by atoms with E-state index in [4.69, 9.17) is 0 Å². The highest BCUT2D eigenvalue weighted by molar-refractivity contribution is 5.75. The molecule has 0 atom stereocenters. The smallest absolute Gasteiger partial charge is 0.221 e. The number of likely N-dealkylation sites (tertiary alicyclic amines) is 1. The Bertz CT molecular complexity index is 277. The molecular formula is C14H27N3O. The molecular weight excluding hydrogens is 226 g/mol. The molecule has 1 fully saturated rings. The molecule has 0 aromatic rings. The summed E-state index contributed by atoms with van der Waals surface area (Å²) in [6.45, 7) is 8.47. The topological polar surface area (TPSA) is 44.4 Å². The van der Waals surface area contributed by atoms with E-state index < -0.39 is 0 Å². The molecule has 4 nitrogen and oxygen atoms in total. The minimum atomic E-state index is 0.114. The number of carbonyl (C=O) groups is 1. The lowest BCUT2D eigenvalue weighted by Gasteiger charge is -2.31. The van der Waals surface area contributed by atoms with Gasteiger partial charge in [0.25, 0.3) is 0 Å². The molecule has 1 aliphatic rings. The van der Waals surface area contributed by atoms with E-state index in [9.17, 15) is 4.79 Å². The van der Waals surface area contributed by atoms with Crippen molar-refractivity contribution in [2.45, 2.75) is 39.2 Å². The highest BCUT2D eigenvalue weighted by Crippen LogP contribution is 2.10. The zero-order valence-corrected chi connectivity index (χ0v) is 12.0. The van der Waals surface area contributed by atoms with Crippen LogP contribution in [0, 0.1) is 0 Å².